The number of unbranched alkanes of at least 4 members (excludes halogenated alkanes) is 3. The molecule has 1 aliphatic rings. The largest absolute Gasteiger partial charge is 0.344 e. The van der Waals surface area contributed by atoms with Crippen molar-refractivity contribution in [1.82, 2.24) is 10.2 Å². The van der Waals surface area contributed by atoms with Crippen LogP contribution in [0.3, 0.4) is 0 Å². The first-order valence-corrected chi connectivity index (χ1v) is 6.85. The molecule has 0 radical (unpaired) electrons. The van der Waals surface area contributed by atoms with Crippen LogP contribution < -0.4 is 5.32 Å². The summed E-state index contributed by atoms with van der Waals surface area (Å²) in [5.74, 6) is 0.272. The summed E-state index contributed by atoms with van der Waals surface area (Å²) in [5.41, 5.74) is 0. The number of carbonyl (C=O) groups is 1. The summed E-state index contributed by atoms with van der Waals surface area (Å²) in [6.45, 7) is 5.58. The molecule has 1 N–H and O–H groups in total. The van der Waals surface area contributed by atoms with Crippen molar-refractivity contribution >= 4 is 18.3 Å². The van der Waals surface area contributed by atoms with E-state index in [1.54, 1.807) is 0 Å². The van der Waals surface area contributed by atoms with E-state index in [2.05, 4.69) is 11.9 Å². The molecule has 0 saturated carbocycles. The molecule has 106 valence electrons. The molecule has 1 fully saturated rings. The Kier molecular flexibility index (Phi) is 10.1. The molecule has 1 unspecified atom stereocenters. The maximum atomic E-state index is 12.1. The van der Waals surface area contributed by atoms with Crippen LogP contribution in [-0.2, 0) is 4.79 Å². The van der Waals surface area contributed by atoms with Gasteiger partial charge in [-0.25, -0.2) is 0 Å². The Balaban J connectivity index is 0.00000289. The van der Waals surface area contributed by atoms with E-state index in [9.17, 15) is 4.79 Å². The summed E-state index contributed by atoms with van der Waals surface area (Å²) in [7, 11) is 1.92. The molecular weight excluding hydrogens is 248 g/mol. The standard InChI is InChI=1S/C14H26N2O.ClH/c1-3-4-5-6-9-12-16(2)14(17)13-10-7-8-11-15-13;/h3,13,15H,1,4-12H2,2H3;1H. The normalized spacial score (nSPS) is 18.8. The molecule has 0 spiro atoms. The van der Waals surface area contributed by atoms with E-state index in [1.165, 1.54) is 25.7 Å². The molecule has 1 rings (SSSR count). The maximum absolute atomic E-state index is 12.1. The van der Waals surface area contributed by atoms with E-state index in [-0.39, 0.29) is 24.4 Å². The lowest BCUT2D eigenvalue weighted by molar-refractivity contribution is -0.132. The second kappa shape index (κ2) is 10.4. The van der Waals surface area contributed by atoms with Crippen molar-refractivity contribution in [2.45, 2.75) is 51.0 Å². The van der Waals surface area contributed by atoms with Crippen LogP contribution in [0.2, 0.25) is 0 Å². The fourth-order valence-corrected chi connectivity index (χ4v) is 2.25. The maximum Gasteiger partial charge on any atom is 0.239 e. The van der Waals surface area contributed by atoms with Gasteiger partial charge < -0.3 is 10.2 Å². The number of rotatable bonds is 7. The highest BCUT2D eigenvalue weighted by Gasteiger charge is 2.22. The Labute approximate surface area is 117 Å². The minimum atomic E-state index is 0. The molecule has 4 heteroatoms. The van der Waals surface area contributed by atoms with Crippen molar-refractivity contribution < 1.29 is 4.79 Å². The zero-order valence-corrected chi connectivity index (χ0v) is 12.3. The average molecular weight is 275 g/mol. The van der Waals surface area contributed by atoms with Crippen LogP contribution in [-0.4, -0.2) is 37.0 Å². The quantitative estimate of drug-likeness (QED) is 0.572. The van der Waals surface area contributed by atoms with Crippen LogP contribution >= 0.6 is 12.4 Å². The third-order valence-electron chi connectivity index (χ3n) is 3.39. The highest BCUT2D eigenvalue weighted by molar-refractivity contribution is 5.85. The van der Waals surface area contributed by atoms with Crippen molar-refractivity contribution in [3.8, 4) is 0 Å². The molecule has 0 aromatic carbocycles. The Morgan fingerprint density at radius 1 is 1.39 bits per heavy atom. The van der Waals surface area contributed by atoms with Crippen LogP contribution in [0.5, 0.6) is 0 Å². The molecule has 18 heavy (non-hydrogen) atoms. The van der Waals surface area contributed by atoms with Gasteiger partial charge in [-0.05, 0) is 38.6 Å². The molecular formula is C14H27ClN2O. The van der Waals surface area contributed by atoms with Crippen LogP contribution in [0.15, 0.2) is 12.7 Å². The number of piperidine rings is 1. The average Bonchev–Trinajstić information content (AvgIpc) is 2.38. The predicted molar refractivity (Wildman–Crippen MR) is 79.2 cm³/mol. The van der Waals surface area contributed by atoms with Gasteiger partial charge in [-0.15, -0.1) is 19.0 Å². The minimum Gasteiger partial charge on any atom is -0.344 e. The topological polar surface area (TPSA) is 32.3 Å². The number of hydrogen-bond donors (Lipinski definition) is 1. The molecule has 0 aromatic rings. The molecule has 1 aliphatic heterocycles. The first-order valence-electron chi connectivity index (χ1n) is 6.85. The smallest absolute Gasteiger partial charge is 0.239 e. The lowest BCUT2D eigenvalue weighted by Crippen LogP contribution is -2.47. The second-order valence-corrected chi connectivity index (χ2v) is 4.90. The fourth-order valence-electron chi connectivity index (χ4n) is 2.25. The summed E-state index contributed by atoms with van der Waals surface area (Å²) in [5, 5.41) is 3.31. The van der Waals surface area contributed by atoms with Gasteiger partial charge in [0.1, 0.15) is 0 Å². The molecule has 1 heterocycles. The zero-order chi connectivity index (χ0) is 12.5. The lowest BCUT2D eigenvalue weighted by atomic mass is 10.0. The van der Waals surface area contributed by atoms with E-state index < -0.39 is 0 Å². The molecule has 1 amide bonds. The van der Waals surface area contributed by atoms with Gasteiger partial charge in [0, 0.05) is 13.6 Å². The number of nitrogens with one attached hydrogen (secondary N) is 1. The summed E-state index contributed by atoms with van der Waals surface area (Å²) in [4.78, 5) is 14.0. The first kappa shape index (κ1) is 17.5. The van der Waals surface area contributed by atoms with E-state index >= 15 is 0 Å². The van der Waals surface area contributed by atoms with Crippen molar-refractivity contribution in [3.05, 3.63) is 12.7 Å². The van der Waals surface area contributed by atoms with E-state index in [4.69, 9.17) is 0 Å². The molecule has 3 nitrogen and oxygen atoms in total. The summed E-state index contributed by atoms with van der Waals surface area (Å²) in [6, 6.07) is 0.0712. The molecule has 1 saturated heterocycles. The third-order valence-corrected chi connectivity index (χ3v) is 3.39. The van der Waals surface area contributed by atoms with Gasteiger partial charge in [-0.1, -0.05) is 18.9 Å². The predicted octanol–water partition coefficient (Wildman–Crippen LogP) is 2.76. The molecule has 0 aliphatic carbocycles. The van der Waals surface area contributed by atoms with Gasteiger partial charge in [-0.3, -0.25) is 4.79 Å². The van der Waals surface area contributed by atoms with E-state index in [1.807, 2.05) is 18.0 Å². The molecule has 1 atom stereocenters. The molecule has 0 aromatic heterocycles. The summed E-state index contributed by atoms with van der Waals surface area (Å²) in [6.07, 6.45) is 9.89. The number of allylic oxidation sites excluding steroid dienone is 1. The van der Waals surface area contributed by atoms with Gasteiger partial charge in [0.25, 0.3) is 0 Å². The number of carbonyl (C=O) groups excluding carboxylic acids is 1. The van der Waals surface area contributed by atoms with Gasteiger partial charge in [0.05, 0.1) is 6.04 Å². The van der Waals surface area contributed by atoms with Crippen LogP contribution in [0.25, 0.3) is 0 Å². The van der Waals surface area contributed by atoms with E-state index in [0.717, 1.165) is 32.4 Å². The summed E-state index contributed by atoms with van der Waals surface area (Å²) < 4.78 is 0. The van der Waals surface area contributed by atoms with Crippen molar-refractivity contribution in [1.29, 1.82) is 0 Å². The Hall–Kier alpha value is -0.540. The lowest BCUT2D eigenvalue weighted by Gasteiger charge is -2.27. The van der Waals surface area contributed by atoms with Crippen molar-refractivity contribution in [2.75, 3.05) is 20.1 Å². The molecule has 0 bridgehead atoms. The fraction of sp³-hybridized carbons (Fsp3) is 0.786. The van der Waals surface area contributed by atoms with Gasteiger partial charge in [0.15, 0.2) is 0 Å². The highest BCUT2D eigenvalue weighted by atomic mass is 35.5. The Bertz CT molecular complexity index is 240. The van der Waals surface area contributed by atoms with Crippen molar-refractivity contribution in [3.63, 3.8) is 0 Å². The number of likely N-dealkylation sites (N-methyl/N-ethyl adjacent to an activating group) is 1. The second-order valence-electron chi connectivity index (χ2n) is 4.90. The monoisotopic (exact) mass is 274 g/mol. The van der Waals surface area contributed by atoms with Gasteiger partial charge >= 0.3 is 0 Å². The number of amides is 1. The van der Waals surface area contributed by atoms with Crippen molar-refractivity contribution in [2.24, 2.45) is 0 Å². The number of hydrogen-bond acceptors (Lipinski definition) is 2. The number of halogens is 1. The Morgan fingerprint density at radius 2 is 2.17 bits per heavy atom. The number of nitrogens with zero attached hydrogens (tertiary/aromatic N) is 1. The minimum absolute atomic E-state index is 0. The van der Waals surface area contributed by atoms with E-state index in [0.29, 0.717) is 0 Å². The first-order chi connectivity index (χ1) is 8.25. The van der Waals surface area contributed by atoms with Crippen LogP contribution in [0.4, 0.5) is 0 Å². The van der Waals surface area contributed by atoms with Crippen LogP contribution in [0, 0.1) is 0 Å². The third kappa shape index (κ3) is 6.41. The Morgan fingerprint density at radius 3 is 2.78 bits per heavy atom. The SMILES string of the molecule is C=CCCCCCN(C)C(=O)C1CCCCN1.Cl. The zero-order valence-electron chi connectivity index (χ0n) is 11.5. The highest BCUT2D eigenvalue weighted by Crippen LogP contribution is 2.10. The van der Waals surface area contributed by atoms with Gasteiger partial charge in [0.2, 0.25) is 5.91 Å². The summed E-state index contributed by atoms with van der Waals surface area (Å²) >= 11 is 0. The van der Waals surface area contributed by atoms with Gasteiger partial charge in [-0.2, -0.15) is 0 Å². The van der Waals surface area contributed by atoms with Crippen LogP contribution in [0.1, 0.15) is 44.9 Å².